The highest BCUT2D eigenvalue weighted by Gasteiger charge is 2.24. The van der Waals surface area contributed by atoms with Crippen molar-refractivity contribution in [1.82, 2.24) is 0 Å². The molecule has 88 valence electrons. The molecule has 0 fully saturated rings. The number of aromatic hydroxyl groups is 1. The number of benzene rings is 1. The predicted molar refractivity (Wildman–Crippen MR) is 59.4 cm³/mol. The van der Waals surface area contributed by atoms with E-state index in [0.717, 1.165) is 0 Å². The summed E-state index contributed by atoms with van der Waals surface area (Å²) in [6.45, 7) is 3.41. The fourth-order valence-electron chi connectivity index (χ4n) is 1.37. The van der Waals surface area contributed by atoms with Gasteiger partial charge >= 0.3 is 5.97 Å². The van der Waals surface area contributed by atoms with Crippen LogP contribution in [0, 0.1) is 6.92 Å². The molecule has 0 amide bonds. The molecule has 1 unspecified atom stereocenters. The molecule has 0 saturated heterocycles. The van der Waals surface area contributed by atoms with Gasteiger partial charge in [-0.1, -0.05) is 11.6 Å². The Kier molecular flexibility index (Phi) is 4.15. The number of hydrogen-bond donors (Lipinski definition) is 2. The minimum absolute atomic E-state index is 0.0888. The summed E-state index contributed by atoms with van der Waals surface area (Å²) in [7, 11) is 0. The molecule has 0 saturated carbocycles. The highest BCUT2D eigenvalue weighted by atomic mass is 35.5. The number of halogens is 1. The first-order valence-corrected chi connectivity index (χ1v) is 5.19. The quantitative estimate of drug-likeness (QED) is 0.798. The first kappa shape index (κ1) is 12.8. The van der Waals surface area contributed by atoms with Crippen LogP contribution < -0.4 is 0 Å². The summed E-state index contributed by atoms with van der Waals surface area (Å²) in [6, 6.07) is 2.82. The number of ether oxygens (including phenoxy) is 1. The zero-order chi connectivity index (χ0) is 12.3. The van der Waals surface area contributed by atoms with Crippen molar-refractivity contribution >= 4 is 17.6 Å². The van der Waals surface area contributed by atoms with Crippen molar-refractivity contribution < 1.29 is 19.7 Å². The Morgan fingerprint density at radius 3 is 2.75 bits per heavy atom. The highest BCUT2D eigenvalue weighted by Crippen LogP contribution is 2.32. The van der Waals surface area contributed by atoms with E-state index in [4.69, 9.17) is 11.6 Å². The summed E-state index contributed by atoms with van der Waals surface area (Å²) in [4.78, 5) is 11.3. The molecular weight excluding hydrogens is 232 g/mol. The van der Waals surface area contributed by atoms with E-state index in [0.29, 0.717) is 10.6 Å². The van der Waals surface area contributed by atoms with Crippen molar-refractivity contribution in [2.75, 3.05) is 6.61 Å². The second-order valence-electron chi connectivity index (χ2n) is 3.26. The molecule has 1 rings (SSSR count). The fourth-order valence-corrected chi connectivity index (χ4v) is 1.54. The molecule has 1 atom stereocenters. The van der Waals surface area contributed by atoms with Gasteiger partial charge in [0, 0.05) is 10.6 Å². The smallest absolute Gasteiger partial charge is 0.339 e. The standard InChI is InChI=1S/C11H13ClO4/c1-3-16-11(15)10(14)9-6(2)7(12)4-5-8(9)13/h4-5,10,13-14H,3H2,1-2H3. The summed E-state index contributed by atoms with van der Waals surface area (Å²) < 4.78 is 4.66. The monoisotopic (exact) mass is 244 g/mol. The number of aliphatic hydroxyl groups excluding tert-OH is 1. The molecule has 16 heavy (non-hydrogen) atoms. The van der Waals surface area contributed by atoms with Crippen molar-refractivity contribution in [3.05, 3.63) is 28.3 Å². The van der Waals surface area contributed by atoms with E-state index in [9.17, 15) is 15.0 Å². The molecule has 0 aliphatic carbocycles. The molecule has 0 aliphatic heterocycles. The third-order valence-electron chi connectivity index (χ3n) is 2.21. The van der Waals surface area contributed by atoms with E-state index in [-0.39, 0.29) is 17.9 Å². The minimum Gasteiger partial charge on any atom is -0.508 e. The zero-order valence-electron chi connectivity index (χ0n) is 9.03. The molecule has 0 radical (unpaired) electrons. The summed E-state index contributed by atoms with van der Waals surface area (Å²) in [5.41, 5.74) is 0.549. The highest BCUT2D eigenvalue weighted by molar-refractivity contribution is 6.31. The van der Waals surface area contributed by atoms with Crippen molar-refractivity contribution in [3.8, 4) is 5.75 Å². The molecule has 1 aromatic rings. The Labute approximate surface area is 98.4 Å². The van der Waals surface area contributed by atoms with Gasteiger partial charge in [0.25, 0.3) is 0 Å². The van der Waals surface area contributed by atoms with Crippen LogP contribution in [0.25, 0.3) is 0 Å². The summed E-state index contributed by atoms with van der Waals surface area (Å²) >= 11 is 5.84. The van der Waals surface area contributed by atoms with Crippen LogP contribution in [0.5, 0.6) is 5.75 Å². The number of carbonyl (C=O) groups is 1. The van der Waals surface area contributed by atoms with Gasteiger partial charge in [-0.3, -0.25) is 0 Å². The van der Waals surface area contributed by atoms with E-state index in [1.54, 1.807) is 13.8 Å². The van der Waals surface area contributed by atoms with E-state index >= 15 is 0 Å². The van der Waals surface area contributed by atoms with Crippen molar-refractivity contribution in [3.63, 3.8) is 0 Å². The molecule has 1 aromatic carbocycles. The average molecular weight is 245 g/mol. The molecule has 0 aromatic heterocycles. The molecule has 5 heteroatoms. The fraction of sp³-hybridized carbons (Fsp3) is 0.364. The molecule has 0 spiro atoms. The Morgan fingerprint density at radius 1 is 1.56 bits per heavy atom. The van der Waals surface area contributed by atoms with Crippen LogP contribution in [0.15, 0.2) is 12.1 Å². The minimum atomic E-state index is -1.52. The lowest BCUT2D eigenvalue weighted by molar-refractivity contribution is -0.153. The number of esters is 1. The first-order valence-electron chi connectivity index (χ1n) is 4.81. The zero-order valence-corrected chi connectivity index (χ0v) is 9.78. The molecule has 0 bridgehead atoms. The van der Waals surface area contributed by atoms with Gasteiger partial charge in [0.15, 0.2) is 6.10 Å². The molecular formula is C11H13ClO4. The largest absolute Gasteiger partial charge is 0.508 e. The number of phenolic OH excluding ortho intramolecular Hbond substituents is 1. The maximum absolute atomic E-state index is 11.3. The normalized spacial score (nSPS) is 12.2. The van der Waals surface area contributed by atoms with Crippen molar-refractivity contribution in [2.45, 2.75) is 20.0 Å². The third-order valence-corrected chi connectivity index (χ3v) is 2.62. The molecule has 4 nitrogen and oxygen atoms in total. The van der Waals surface area contributed by atoms with Crippen LogP contribution in [-0.4, -0.2) is 22.8 Å². The molecule has 2 N–H and O–H groups in total. The number of hydrogen-bond acceptors (Lipinski definition) is 4. The van der Waals surface area contributed by atoms with Gasteiger partial charge in [-0.15, -0.1) is 0 Å². The lowest BCUT2D eigenvalue weighted by Crippen LogP contribution is -2.16. The average Bonchev–Trinajstić information content (AvgIpc) is 2.24. The van der Waals surface area contributed by atoms with Gasteiger partial charge in [0.05, 0.1) is 6.61 Å². The topological polar surface area (TPSA) is 66.8 Å². The van der Waals surface area contributed by atoms with Crippen LogP contribution in [0.3, 0.4) is 0 Å². The second kappa shape index (κ2) is 5.18. The van der Waals surface area contributed by atoms with Crippen molar-refractivity contribution in [1.29, 1.82) is 0 Å². The van der Waals surface area contributed by atoms with E-state index in [2.05, 4.69) is 4.74 Å². The molecule has 0 heterocycles. The first-order chi connectivity index (χ1) is 7.49. The lowest BCUT2D eigenvalue weighted by atomic mass is 10.0. The van der Waals surface area contributed by atoms with Gasteiger partial charge in [-0.25, -0.2) is 4.79 Å². The van der Waals surface area contributed by atoms with Gasteiger partial charge in [-0.2, -0.15) is 0 Å². The Morgan fingerprint density at radius 2 is 2.19 bits per heavy atom. The number of phenols is 1. The van der Waals surface area contributed by atoms with Crippen molar-refractivity contribution in [2.24, 2.45) is 0 Å². The Balaban J connectivity index is 3.12. The maximum atomic E-state index is 11.3. The van der Waals surface area contributed by atoms with E-state index in [1.165, 1.54) is 12.1 Å². The van der Waals surface area contributed by atoms with Crippen LogP contribution >= 0.6 is 11.6 Å². The second-order valence-corrected chi connectivity index (χ2v) is 3.67. The summed E-state index contributed by atoms with van der Waals surface area (Å²) in [5.74, 6) is -0.981. The predicted octanol–water partition coefficient (Wildman–Crippen LogP) is 1.95. The third kappa shape index (κ3) is 2.46. The summed E-state index contributed by atoms with van der Waals surface area (Å²) in [6.07, 6.45) is -1.52. The van der Waals surface area contributed by atoms with Crippen LogP contribution in [0.4, 0.5) is 0 Å². The van der Waals surface area contributed by atoms with Gasteiger partial charge < -0.3 is 14.9 Å². The SMILES string of the molecule is CCOC(=O)C(O)c1c(O)ccc(Cl)c1C. The molecule has 0 aliphatic rings. The van der Waals surface area contributed by atoms with E-state index < -0.39 is 12.1 Å². The lowest BCUT2D eigenvalue weighted by Gasteiger charge is -2.14. The van der Waals surface area contributed by atoms with Gasteiger partial charge in [0.2, 0.25) is 0 Å². The number of carbonyl (C=O) groups excluding carboxylic acids is 1. The van der Waals surface area contributed by atoms with Gasteiger partial charge in [0.1, 0.15) is 5.75 Å². The maximum Gasteiger partial charge on any atom is 0.339 e. The number of rotatable bonds is 3. The Bertz CT molecular complexity index is 403. The van der Waals surface area contributed by atoms with E-state index in [1.807, 2.05) is 0 Å². The Hall–Kier alpha value is -1.26. The number of aliphatic hydroxyl groups is 1. The van der Waals surface area contributed by atoms with Crippen LogP contribution in [0.2, 0.25) is 5.02 Å². The van der Waals surface area contributed by atoms with Gasteiger partial charge in [-0.05, 0) is 31.5 Å². The van der Waals surface area contributed by atoms with Crippen LogP contribution in [-0.2, 0) is 9.53 Å². The van der Waals surface area contributed by atoms with Crippen LogP contribution in [0.1, 0.15) is 24.2 Å². The summed E-state index contributed by atoms with van der Waals surface area (Å²) in [5, 5.41) is 19.7.